The third-order valence-corrected chi connectivity index (χ3v) is 5.01. The smallest absolute Gasteiger partial charge is 0.253 e. The van der Waals surface area contributed by atoms with Crippen LogP contribution in [-0.2, 0) is 14.1 Å². The standard InChI is InChI=1S/C18H17FIN3O4/c1-22-7-10(14(25)8-24)17(27)16-13(22)6-15(26)23(2)18(16)21-12-4-3-9(20)5-11(12)19/h3-7,14,21,24-25H,8H2,1-2H3. The van der Waals surface area contributed by atoms with Crippen molar-refractivity contribution in [3.63, 3.8) is 0 Å². The minimum Gasteiger partial charge on any atom is -0.393 e. The molecule has 1 unspecified atom stereocenters. The molecule has 9 heteroatoms. The van der Waals surface area contributed by atoms with Crippen LogP contribution in [0, 0.1) is 9.39 Å². The van der Waals surface area contributed by atoms with Gasteiger partial charge in [0.2, 0.25) is 0 Å². The van der Waals surface area contributed by atoms with Crippen LogP contribution < -0.4 is 16.3 Å². The Labute approximate surface area is 166 Å². The lowest BCUT2D eigenvalue weighted by Crippen LogP contribution is -2.26. The van der Waals surface area contributed by atoms with Crippen LogP contribution in [0.25, 0.3) is 10.9 Å². The lowest BCUT2D eigenvalue weighted by Gasteiger charge is -2.18. The zero-order valence-corrected chi connectivity index (χ0v) is 16.7. The highest BCUT2D eigenvalue weighted by molar-refractivity contribution is 14.1. The molecular weight excluding hydrogens is 468 g/mol. The highest BCUT2D eigenvalue weighted by atomic mass is 127. The number of halogens is 2. The average molecular weight is 485 g/mol. The number of aromatic nitrogens is 2. The summed E-state index contributed by atoms with van der Waals surface area (Å²) in [5, 5.41) is 22.1. The van der Waals surface area contributed by atoms with E-state index < -0.39 is 24.0 Å². The summed E-state index contributed by atoms with van der Waals surface area (Å²) in [5.74, 6) is -0.431. The fourth-order valence-corrected chi connectivity index (χ4v) is 3.32. The fraction of sp³-hybridized carbons (Fsp3) is 0.222. The molecule has 0 radical (unpaired) electrons. The van der Waals surface area contributed by atoms with E-state index in [9.17, 15) is 24.2 Å². The Balaban J connectivity index is 2.36. The largest absolute Gasteiger partial charge is 0.393 e. The zero-order chi connectivity index (χ0) is 19.9. The summed E-state index contributed by atoms with van der Waals surface area (Å²) in [6.45, 7) is -0.624. The lowest BCUT2D eigenvalue weighted by atomic mass is 10.1. The van der Waals surface area contributed by atoms with Crippen LogP contribution in [0.3, 0.4) is 0 Å². The van der Waals surface area contributed by atoms with E-state index in [1.54, 1.807) is 13.1 Å². The first-order chi connectivity index (χ1) is 12.7. The van der Waals surface area contributed by atoms with E-state index in [1.807, 2.05) is 22.6 Å². The Hall–Kier alpha value is -2.24. The van der Waals surface area contributed by atoms with Crippen LogP contribution in [-0.4, -0.2) is 26.0 Å². The Morgan fingerprint density at radius 3 is 2.59 bits per heavy atom. The molecule has 0 aliphatic heterocycles. The molecule has 2 aromatic heterocycles. The Kier molecular flexibility index (Phi) is 5.36. The van der Waals surface area contributed by atoms with Gasteiger partial charge >= 0.3 is 0 Å². The van der Waals surface area contributed by atoms with Gasteiger partial charge in [-0.1, -0.05) is 0 Å². The number of benzene rings is 1. The number of fused-ring (bicyclic) bond motifs is 1. The third kappa shape index (κ3) is 3.49. The number of pyridine rings is 2. The lowest BCUT2D eigenvalue weighted by molar-refractivity contribution is 0.0945. The van der Waals surface area contributed by atoms with E-state index in [1.165, 1.54) is 40.6 Å². The maximum atomic E-state index is 14.3. The summed E-state index contributed by atoms with van der Waals surface area (Å²) in [7, 11) is 3.08. The van der Waals surface area contributed by atoms with E-state index in [0.717, 1.165) is 0 Å². The predicted octanol–water partition coefficient (Wildman–Crippen LogP) is 1.75. The Morgan fingerprint density at radius 2 is 1.96 bits per heavy atom. The van der Waals surface area contributed by atoms with Crippen molar-refractivity contribution in [3.8, 4) is 0 Å². The zero-order valence-electron chi connectivity index (χ0n) is 14.5. The van der Waals surface area contributed by atoms with Gasteiger partial charge in [-0.2, -0.15) is 0 Å². The second-order valence-electron chi connectivity index (χ2n) is 6.12. The number of aryl methyl sites for hydroxylation is 1. The second kappa shape index (κ2) is 7.41. The summed E-state index contributed by atoms with van der Waals surface area (Å²) in [5.41, 5.74) is -0.522. The maximum absolute atomic E-state index is 14.3. The van der Waals surface area contributed by atoms with Gasteiger partial charge in [0.05, 0.1) is 23.2 Å². The number of aliphatic hydroxyl groups is 2. The van der Waals surface area contributed by atoms with Crippen LogP contribution in [0.15, 0.2) is 40.1 Å². The minimum atomic E-state index is -1.37. The molecule has 0 amide bonds. The van der Waals surface area contributed by atoms with E-state index in [2.05, 4.69) is 5.32 Å². The molecule has 3 rings (SSSR count). The van der Waals surface area contributed by atoms with E-state index in [-0.39, 0.29) is 28.0 Å². The van der Waals surface area contributed by atoms with Gasteiger partial charge in [0.25, 0.3) is 5.56 Å². The van der Waals surface area contributed by atoms with Crippen molar-refractivity contribution in [2.45, 2.75) is 6.10 Å². The number of hydrogen-bond donors (Lipinski definition) is 3. The molecule has 1 aromatic carbocycles. The normalized spacial score (nSPS) is 12.4. The van der Waals surface area contributed by atoms with Crippen molar-refractivity contribution < 1.29 is 14.6 Å². The van der Waals surface area contributed by atoms with E-state index in [0.29, 0.717) is 9.09 Å². The molecule has 142 valence electrons. The molecule has 0 saturated carbocycles. The van der Waals surface area contributed by atoms with Gasteiger partial charge in [-0.25, -0.2) is 4.39 Å². The van der Waals surface area contributed by atoms with Crippen molar-refractivity contribution >= 4 is 45.0 Å². The molecule has 27 heavy (non-hydrogen) atoms. The fourth-order valence-electron chi connectivity index (χ4n) is 2.87. The summed E-state index contributed by atoms with van der Waals surface area (Å²) in [6, 6.07) is 5.82. The first kappa shape index (κ1) is 19.5. The van der Waals surface area contributed by atoms with Crippen molar-refractivity contribution in [1.29, 1.82) is 0 Å². The van der Waals surface area contributed by atoms with E-state index >= 15 is 0 Å². The minimum absolute atomic E-state index is 0.0164. The van der Waals surface area contributed by atoms with Crippen molar-refractivity contribution in [1.82, 2.24) is 9.13 Å². The SMILES string of the molecule is Cn1c(Nc2ccc(I)cc2F)c2c(=O)c(C(O)CO)cn(C)c2cc1=O. The van der Waals surface area contributed by atoms with Crippen LogP contribution >= 0.6 is 22.6 Å². The predicted molar refractivity (Wildman–Crippen MR) is 109 cm³/mol. The number of hydrogen-bond acceptors (Lipinski definition) is 5. The summed E-state index contributed by atoms with van der Waals surface area (Å²) < 4.78 is 17.7. The van der Waals surface area contributed by atoms with Gasteiger partial charge in [0, 0.05) is 35.5 Å². The van der Waals surface area contributed by atoms with Gasteiger partial charge < -0.3 is 20.1 Å². The molecule has 0 aliphatic rings. The number of rotatable bonds is 4. The Bertz CT molecular complexity index is 1160. The van der Waals surface area contributed by atoms with Gasteiger partial charge in [0.15, 0.2) is 5.43 Å². The Morgan fingerprint density at radius 1 is 1.26 bits per heavy atom. The summed E-state index contributed by atoms with van der Waals surface area (Å²) in [4.78, 5) is 25.3. The van der Waals surface area contributed by atoms with Crippen LogP contribution in [0.5, 0.6) is 0 Å². The molecule has 0 bridgehead atoms. The number of nitrogens with one attached hydrogen (secondary N) is 1. The van der Waals surface area contributed by atoms with Gasteiger partial charge in [-0.3, -0.25) is 14.2 Å². The van der Waals surface area contributed by atoms with Crippen LogP contribution in [0.4, 0.5) is 15.9 Å². The molecule has 1 atom stereocenters. The summed E-state index contributed by atoms with van der Waals surface area (Å²) in [6.07, 6.45) is 0.00785. The van der Waals surface area contributed by atoms with E-state index in [4.69, 9.17) is 0 Å². The van der Waals surface area contributed by atoms with Crippen molar-refractivity contribution in [3.05, 3.63) is 66.0 Å². The quantitative estimate of drug-likeness (QED) is 0.490. The molecular formula is C18H17FIN3O4. The third-order valence-electron chi connectivity index (χ3n) is 4.34. The molecule has 0 aliphatic carbocycles. The first-order valence-electron chi connectivity index (χ1n) is 7.99. The van der Waals surface area contributed by atoms with Gasteiger partial charge in [-0.15, -0.1) is 0 Å². The maximum Gasteiger partial charge on any atom is 0.253 e. The molecule has 0 fully saturated rings. The summed E-state index contributed by atoms with van der Waals surface area (Å²) >= 11 is 1.98. The molecule has 2 heterocycles. The van der Waals surface area contributed by atoms with Crippen LogP contribution in [0.2, 0.25) is 0 Å². The average Bonchev–Trinajstić information content (AvgIpc) is 2.63. The van der Waals surface area contributed by atoms with Crippen LogP contribution in [0.1, 0.15) is 11.7 Å². The number of anilines is 2. The highest BCUT2D eigenvalue weighted by Gasteiger charge is 2.20. The molecule has 3 N–H and O–H groups in total. The van der Waals surface area contributed by atoms with Gasteiger partial charge in [-0.05, 0) is 40.8 Å². The highest BCUT2D eigenvalue weighted by Crippen LogP contribution is 2.26. The molecule has 7 nitrogen and oxygen atoms in total. The molecule has 3 aromatic rings. The van der Waals surface area contributed by atoms with Crippen molar-refractivity contribution in [2.24, 2.45) is 14.1 Å². The number of nitrogens with zero attached hydrogens (tertiary/aromatic N) is 2. The molecule has 0 saturated heterocycles. The second-order valence-corrected chi connectivity index (χ2v) is 7.37. The van der Waals surface area contributed by atoms with Gasteiger partial charge in [0.1, 0.15) is 17.7 Å². The van der Waals surface area contributed by atoms with Crippen molar-refractivity contribution in [2.75, 3.05) is 11.9 Å². The topological polar surface area (TPSA) is 96.5 Å². The monoisotopic (exact) mass is 485 g/mol. The first-order valence-corrected chi connectivity index (χ1v) is 9.06. The molecule has 0 spiro atoms. The number of aliphatic hydroxyl groups excluding tert-OH is 2.